The first-order chi connectivity index (χ1) is 16.8. The first kappa shape index (κ1) is 25.6. The number of rotatable bonds is 3. The summed E-state index contributed by atoms with van der Waals surface area (Å²) in [6, 6.07) is 4.92. The fourth-order valence-electron chi connectivity index (χ4n) is 9.50. The zero-order valence-electron chi connectivity index (χ0n) is 24.2. The predicted molar refractivity (Wildman–Crippen MR) is 157 cm³/mol. The van der Waals surface area contributed by atoms with E-state index in [2.05, 4.69) is 67.2 Å². The maximum absolute atomic E-state index is 4.85. The molecule has 0 radical (unpaired) electrons. The SMILES string of the molecule is C=C(C)C1=C(C)C[C@@]2(C)C[C@@]3(C)Cc4ccc(CC5CCCCC5)c(C)c4C(=C)C3=C(C)[C@@]2(C)C1=C. The van der Waals surface area contributed by atoms with Crippen molar-refractivity contribution < 1.29 is 0 Å². The normalized spacial score (nSPS) is 32.9. The molecule has 0 unspecified atom stereocenters. The molecule has 4 aliphatic carbocycles. The first-order valence-corrected chi connectivity index (χ1v) is 14.4. The summed E-state index contributed by atoms with van der Waals surface area (Å²) in [5.41, 5.74) is 15.7. The van der Waals surface area contributed by atoms with Crippen molar-refractivity contribution in [2.45, 2.75) is 106 Å². The maximum Gasteiger partial charge on any atom is 0.0194 e. The third kappa shape index (κ3) is 3.46. The summed E-state index contributed by atoms with van der Waals surface area (Å²) in [7, 11) is 0. The lowest BCUT2D eigenvalue weighted by Gasteiger charge is -2.62. The van der Waals surface area contributed by atoms with E-state index >= 15 is 0 Å². The molecular formula is C36H48. The van der Waals surface area contributed by atoms with Crippen LogP contribution in [-0.4, -0.2) is 0 Å². The molecule has 192 valence electrons. The highest BCUT2D eigenvalue weighted by molar-refractivity contribution is 5.87. The van der Waals surface area contributed by atoms with Crippen LogP contribution in [0.1, 0.15) is 109 Å². The van der Waals surface area contributed by atoms with E-state index in [1.54, 1.807) is 5.56 Å². The summed E-state index contributed by atoms with van der Waals surface area (Å²) >= 11 is 0. The van der Waals surface area contributed by atoms with Gasteiger partial charge in [0, 0.05) is 5.41 Å². The van der Waals surface area contributed by atoms with Crippen LogP contribution in [0.2, 0.25) is 0 Å². The molecule has 5 rings (SSSR count). The Morgan fingerprint density at radius 1 is 0.972 bits per heavy atom. The van der Waals surface area contributed by atoms with Gasteiger partial charge in [0.25, 0.3) is 0 Å². The Hall–Kier alpha value is -2.08. The van der Waals surface area contributed by atoms with Gasteiger partial charge in [0.15, 0.2) is 0 Å². The van der Waals surface area contributed by atoms with E-state index in [1.165, 1.54) is 95.1 Å². The molecule has 0 saturated heterocycles. The topological polar surface area (TPSA) is 0 Å². The lowest BCUT2D eigenvalue weighted by molar-refractivity contribution is 0.0544. The number of allylic oxidation sites excluding steroid dienone is 7. The van der Waals surface area contributed by atoms with Gasteiger partial charge in [0.05, 0.1) is 0 Å². The Kier molecular flexibility index (Phi) is 6.02. The molecular weight excluding hydrogens is 432 g/mol. The predicted octanol–water partition coefficient (Wildman–Crippen LogP) is 10.3. The van der Waals surface area contributed by atoms with Crippen LogP contribution in [0.4, 0.5) is 0 Å². The first-order valence-electron chi connectivity index (χ1n) is 14.4. The van der Waals surface area contributed by atoms with Crippen LogP contribution < -0.4 is 0 Å². The van der Waals surface area contributed by atoms with Gasteiger partial charge < -0.3 is 0 Å². The van der Waals surface area contributed by atoms with E-state index in [0.717, 1.165) is 24.3 Å². The van der Waals surface area contributed by atoms with Crippen molar-refractivity contribution >= 4 is 5.57 Å². The molecule has 1 saturated carbocycles. The summed E-state index contributed by atoms with van der Waals surface area (Å²) in [5, 5.41) is 0. The molecule has 4 aliphatic rings. The van der Waals surface area contributed by atoms with E-state index in [4.69, 9.17) is 13.2 Å². The third-order valence-electron chi connectivity index (χ3n) is 11.2. The quantitative estimate of drug-likeness (QED) is 0.403. The standard InChI is InChI=1S/C36H48/c1-22(2)31-23(3)19-35(9)21-34(8)20-30-17-16-29(18-28-14-12-11-13-15-28)24(4)32(30)25(5)33(34)27(7)36(35,10)26(31)6/h16-17,28H,1,5-6,11-15,18-21H2,2-4,7-10H3/t34-,35+,36-/m1/s1. The maximum atomic E-state index is 4.85. The van der Waals surface area contributed by atoms with Crippen LogP contribution in [0.15, 0.2) is 65.3 Å². The molecule has 1 fully saturated rings. The van der Waals surface area contributed by atoms with Gasteiger partial charge in [-0.15, -0.1) is 0 Å². The Morgan fingerprint density at radius 2 is 1.64 bits per heavy atom. The smallest absolute Gasteiger partial charge is 0.0194 e. The van der Waals surface area contributed by atoms with Crippen molar-refractivity contribution in [3.05, 3.63) is 87.6 Å². The van der Waals surface area contributed by atoms with Gasteiger partial charge in [-0.1, -0.05) is 101 Å². The van der Waals surface area contributed by atoms with Crippen LogP contribution >= 0.6 is 0 Å². The van der Waals surface area contributed by atoms with E-state index in [9.17, 15) is 0 Å². The fourth-order valence-corrected chi connectivity index (χ4v) is 9.50. The lowest BCUT2D eigenvalue weighted by atomic mass is 9.41. The number of benzene rings is 1. The Labute approximate surface area is 221 Å². The number of hydrogen-bond donors (Lipinski definition) is 0. The molecule has 0 nitrogen and oxygen atoms in total. The van der Waals surface area contributed by atoms with Gasteiger partial charge >= 0.3 is 0 Å². The van der Waals surface area contributed by atoms with Gasteiger partial charge in [-0.05, 0) is 115 Å². The molecule has 0 spiro atoms. The molecule has 0 aliphatic heterocycles. The second-order valence-corrected chi connectivity index (χ2v) is 13.8. The molecule has 1 aromatic carbocycles. The van der Waals surface area contributed by atoms with Gasteiger partial charge in [-0.25, -0.2) is 0 Å². The highest BCUT2D eigenvalue weighted by Gasteiger charge is 2.59. The molecule has 0 amide bonds. The second kappa shape index (κ2) is 8.47. The average Bonchev–Trinajstić information content (AvgIpc) is 2.78. The largest absolute Gasteiger partial charge is 0.0955 e. The van der Waals surface area contributed by atoms with E-state index in [-0.39, 0.29) is 16.2 Å². The summed E-state index contributed by atoms with van der Waals surface area (Å²) in [5.74, 6) is 0.856. The van der Waals surface area contributed by atoms with E-state index in [0.29, 0.717) is 0 Å². The van der Waals surface area contributed by atoms with Gasteiger partial charge in [0.2, 0.25) is 0 Å². The summed E-state index contributed by atoms with van der Waals surface area (Å²) < 4.78 is 0. The van der Waals surface area contributed by atoms with Crippen LogP contribution in [-0.2, 0) is 12.8 Å². The molecule has 0 N–H and O–H groups in total. The zero-order valence-corrected chi connectivity index (χ0v) is 24.2. The molecule has 0 heteroatoms. The third-order valence-corrected chi connectivity index (χ3v) is 11.2. The molecule has 0 aromatic heterocycles. The van der Waals surface area contributed by atoms with Crippen molar-refractivity contribution in [2.24, 2.45) is 22.2 Å². The molecule has 36 heavy (non-hydrogen) atoms. The summed E-state index contributed by atoms with van der Waals surface area (Å²) in [6.45, 7) is 30.7. The second-order valence-electron chi connectivity index (χ2n) is 13.8. The summed E-state index contributed by atoms with van der Waals surface area (Å²) in [6.07, 6.45) is 11.7. The van der Waals surface area contributed by atoms with Crippen LogP contribution in [0.5, 0.6) is 0 Å². The van der Waals surface area contributed by atoms with Crippen molar-refractivity contribution in [1.82, 2.24) is 0 Å². The minimum Gasteiger partial charge on any atom is -0.0955 e. The monoisotopic (exact) mass is 480 g/mol. The lowest BCUT2D eigenvalue weighted by Crippen LogP contribution is -2.52. The van der Waals surface area contributed by atoms with E-state index in [1.807, 2.05) is 0 Å². The van der Waals surface area contributed by atoms with Gasteiger partial charge in [0.1, 0.15) is 0 Å². The van der Waals surface area contributed by atoms with Crippen molar-refractivity contribution in [3.8, 4) is 0 Å². The Bertz CT molecular complexity index is 1240. The average molecular weight is 481 g/mol. The van der Waals surface area contributed by atoms with E-state index < -0.39 is 0 Å². The van der Waals surface area contributed by atoms with Gasteiger partial charge in [-0.3, -0.25) is 0 Å². The molecule has 0 heterocycles. The summed E-state index contributed by atoms with van der Waals surface area (Å²) in [4.78, 5) is 0. The Morgan fingerprint density at radius 3 is 2.28 bits per heavy atom. The van der Waals surface area contributed by atoms with Gasteiger partial charge in [-0.2, -0.15) is 0 Å². The molecule has 3 atom stereocenters. The fraction of sp³-hybridized carbons (Fsp3) is 0.556. The van der Waals surface area contributed by atoms with Crippen LogP contribution in [0, 0.1) is 29.1 Å². The minimum absolute atomic E-state index is 0.0797. The molecule has 1 aromatic rings. The van der Waals surface area contributed by atoms with Crippen molar-refractivity contribution in [1.29, 1.82) is 0 Å². The highest BCUT2D eigenvalue weighted by atomic mass is 14.6. The minimum atomic E-state index is -0.0797. The van der Waals surface area contributed by atoms with Crippen LogP contribution in [0.25, 0.3) is 5.57 Å². The van der Waals surface area contributed by atoms with Crippen molar-refractivity contribution in [3.63, 3.8) is 0 Å². The zero-order chi connectivity index (χ0) is 26.2. The molecule has 0 bridgehead atoms. The Balaban J connectivity index is 1.64. The van der Waals surface area contributed by atoms with Crippen molar-refractivity contribution in [2.75, 3.05) is 0 Å². The number of fused-ring (bicyclic) bond motifs is 3. The highest BCUT2D eigenvalue weighted by Crippen LogP contribution is 2.70. The number of hydrogen-bond acceptors (Lipinski definition) is 0. The van der Waals surface area contributed by atoms with Crippen LogP contribution in [0.3, 0.4) is 0 Å².